The van der Waals surface area contributed by atoms with Crippen molar-refractivity contribution >= 4 is 0 Å². The van der Waals surface area contributed by atoms with Crippen LogP contribution in [-0.4, -0.2) is 43.3 Å². The van der Waals surface area contributed by atoms with Gasteiger partial charge in [0.25, 0.3) is 0 Å². The Kier molecular flexibility index (Phi) is 3.19. The number of hydrogen-bond donors (Lipinski definition) is 1. The summed E-state index contributed by atoms with van der Waals surface area (Å²) in [5.74, 6) is 0. The first-order valence-corrected chi connectivity index (χ1v) is 5.45. The van der Waals surface area contributed by atoms with Crippen LogP contribution in [0.5, 0.6) is 0 Å². The van der Waals surface area contributed by atoms with Gasteiger partial charge in [-0.1, -0.05) is 12.8 Å². The lowest BCUT2D eigenvalue weighted by Gasteiger charge is -2.40. The van der Waals surface area contributed by atoms with E-state index in [1.807, 2.05) is 0 Å². The van der Waals surface area contributed by atoms with Gasteiger partial charge in [-0.15, -0.1) is 0 Å². The molecule has 0 radical (unpaired) electrons. The highest BCUT2D eigenvalue weighted by atomic mass is 16.5. The van der Waals surface area contributed by atoms with Crippen LogP contribution >= 0.6 is 0 Å². The molecule has 2 aliphatic rings. The lowest BCUT2D eigenvalue weighted by atomic mass is 9.89. The Morgan fingerprint density at radius 2 is 1.77 bits per heavy atom. The summed E-state index contributed by atoms with van der Waals surface area (Å²) in [7, 11) is 0. The molecule has 1 heterocycles. The Bertz CT molecular complexity index is 157. The Morgan fingerprint density at radius 3 is 2.46 bits per heavy atom. The molecule has 0 aromatic carbocycles. The molecule has 0 spiro atoms. The molecule has 2 atom stereocenters. The van der Waals surface area contributed by atoms with Crippen LogP contribution in [0, 0.1) is 0 Å². The zero-order chi connectivity index (χ0) is 9.10. The van der Waals surface area contributed by atoms with E-state index < -0.39 is 0 Å². The number of ether oxygens (including phenoxy) is 1. The minimum absolute atomic E-state index is 0.409. The number of nitrogens with zero attached hydrogens (tertiary/aromatic N) is 1. The summed E-state index contributed by atoms with van der Waals surface area (Å²) in [4.78, 5) is 2.52. The fourth-order valence-corrected chi connectivity index (χ4v) is 2.50. The van der Waals surface area contributed by atoms with Gasteiger partial charge in [0.05, 0.1) is 13.2 Å². The van der Waals surface area contributed by atoms with E-state index in [0.29, 0.717) is 12.1 Å². The van der Waals surface area contributed by atoms with Crippen molar-refractivity contribution in [3.05, 3.63) is 0 Å². The summed E-state index contributed by atoms with van der Waals surface area (Å²) in [5.41, 5.74) is 6.13. The smallest absolute Gasteiger partial charge is 0.0594 e. The second-order valence-electron chi connectivity index (χ2n) is 4.16. The summed E-state index contributed by atoms with van der Waals surface area (Å²) >= 11 is 0. The van der Waals surface area contributed by atoms with Crippen LogP contribution < -0.4 is 5.73 Å². The molecule has 0 aromatic heterocycles. The summed E-state index contributed by atoms with van der Waals surface area (Å²) in [6.45, 7) is 3.95. The molecule has 1 saturated carbocycles. The molecule has 3 nitrogen and oxygen atoms in total. The van der Waals surface area contributed by atoms with Crippen molar-refractivity contribution in [2.75, 3.05) is 26.3 Å². The fourth-order valence-electron chi connectivity index (χ4n) is 2.50. The van der Waals surface area contributed by atoms with Gasteiger partial charge >= 0.3 is 0 Å². The van der Waals surface area contributed by atoms with E-state index in [4.69, 9.17) is 10.5 Å². The minimum Gasteiger partial charge on any atom is -0.379 e. The van der Waals surface area contributed by atoms with Gasteiger partial charge in [0.2, 0.25) is 0 Å². The Morgan fingerprint density at radius 1 is 1.08 bits per heavy atom. The molecular formula is C10H20N2O. The van der Waals surface area contributed by atoms with Gasteiger partial charge in [0.15, 0.2) is 0 Å². The lowest BCUT2D eigenvalue weighted by molar-refractivity contribution is 0.00373. The van der Waals surface area contributed by atoms with E-state index in [0.717, 1.165) is 26.3 Å². The molecule has 2 fully saturated rings. The topological polar surface area (TPSA) is 38.5 Å². The quantitative estimate of drug-likeness (QED) is 0.648. The van der Waals surface area contributed by atoms with Crippen molar-refractivity contribution in [1.29, 1.82) is 0 Å². The van der Waals surface area contributed by atoms with Crippen LogP contribution in [0.3, 0.4) is 0 Å². The van der Waals surface area contributed by atoms with Gasteiger partial charge in [-0.25, -0.2) is 0 Å². The highest BCUT2D eigenvalue weighted by Gasteiger charge is 2.28. The van der Waals surface area contributed by atoms with Gasteiger partial charge in [0.1, 0.15) is 0 Å². The van der Waals surface area contributed by atoms with Crippen molar-refractivity contribution in [3.8, 4) is 0 Å². The normalized spacial score (nSPS) is 37.6. The zero-order valence-corrected chi connectivity index (χ0v) is 8.24. The number of rotatable bonds is 1. The van der Waals surface area contributed by atoms with Crippen molar-refractivity contribution in [2.45, 2.75) is 37.8 Å². The van der Waals surface area contributed by atoms with E-state index in [-0.39, 0.29) is 0 Å². The van der Waals surface area contributed by atoms with Crippen LogP contribution in [0.1, 0.15) is 25.7 Å². The highest BCUT2D eigenvalue weighted by Crippen LogP contribution is 2.22. The van der Waals surface area contributed by atoms with Crippen LogP contribution in [0.15, 0.2) is 0 Å². The summed E-state index contributed by atoms with van der Waals surface area (Å²) in [5, 5.41) is 0. The molecule has 76 valence electrons. The molecule has 0 amide bonds. The van der Waals surface area contributed by atoms with Crippen molar-refractivity contribution in [2.24, 2.45) is 5.73 Å². The highest BCUT2D eigenvalue weighted by molar-refractivity contribution is 4.86. The van der Waals surface area contributed by atoms with Gasteiger partial charge < -0.3 is 10.5 Å². The molecule has 0 aromatic rings. The molecule has 2 rings (SSSR count). The second-order valence-corrected chi connectivity index (χ2v) is 4.16. The van der Waals surface area contributed by atoms with E-state index in [1.54, 1.807) is 0 Å². The Balaban J connectivity index is 1.88. The van der Waals surface area contributed by atoms with E-state index in [9.17, 15) is 0 Å². The Hall–Kier alpha value is -0.120. The van der Waals surface area contributed by atoms with Gasteiger partial charge in [-0.05, 0) is 12.8 Å². The average molecular weight is 184 g/mol. The molecule has 2 N–H and O–H groups in total. The predicted octanol–water partition coefficient (Wildman–Crippen LogP) is 0.588. The third-order valence-corrected chi connectivity index (χ3v) is 3.30. The molecule has 0 bridgehead atoms. The molecule has 1 aliphatic carbocycles. The first kappa shape index (κ1) is 9.44. The molecule has 0 unspecified atom stereocenters. The van der Waals surface area contributed by atoms with Gasteiger partial charge in [-0.2, -0.15) is 0 Å². The molecule has 13 heavy (non-hydrogen) atoms. The maximum Gasteiger partial charge on any atom is 0.0594 e. The number of nitrogens with two attached hydrogens (primary N) is 1. The summed E-state index contributed by atoms with van der Waals surface area (Å²) < 4.78 is 5.34. The fraction of sp³-hybridized carbons (Fsp3) is 1.00. The predicted molar refractivity (Wildman–Crippen MR) is 52.6 cm³/mol. The number of hydrogen-bond acceptors (Lipinski definition) is 3. The van der Waals surface area contributed by atoms with E-state index in [2.05, 4.69) is 4.90 Å². The SMILES string of the molecule is N[C@@H]1CCCC[C@@H]1N1CCOCC1. The van der Waals surface area contributed by atoms with E-state index in [1.165, 1.54) is 25.7 Å². The summed E-state index contributed by atoms with van der Waals surface area (Å²) in [6.07, 6.45) is 5.18. The molecular weight excluding hydrogens is 164 g/mol. The first-order valence-electron chi connectivity index (χ1n) is 5.45. The van der Waals surface area contributed by atoms with Crippen LogP contribution in [-0.2, 0) is 4.74 Å². The maximum atomic E-state index is 6.13. The van der Waals surface area contributed by atoms with Crippen LogP contribution in [0.2, 0.25) is 0 Å². The standard InChI is InChI=1S/C10H20N2O/c11-9-3-1-2-4-10(9)12-5-7-13-8-6-12/h9-10H,1-8,11H2/t9-,10+/m1/s1. The minimum atomic E-state index is 0.409. The van der Waals surface area contributed by atoms with E-state index >= 15 is 0 Å². The molecule has 1 saturated heterocycles. The van der Waals surface area contributed by atoms with Crippen molar-refractivity contribution in [1.82, 2.24) is 4.90 Å². The van der Waals surface area contributed by atoms with Gasteiger partial charge in [0, 0.05) is 25.2 Å². The Labute approximate surface area is 80.2 Å². The zero-order valence-electron chi connectivity index (χ0n) is 8.24. The monoisotopic (exact) mass is 184 g/mol. The van der Waals surface area contributed by atoms with Crippen molar-refractivity contribution in [3.63, 3.8) is 0 Å². The second kappa shape index (κ2) is 4.40. The third kappa shape index (κ3) is 2.22. The maximum absolute atomic E-state index is 6.13. The van der Waals surface area contributed by atoms with Crippen LogP contribution in [0.25, 0.3) is 0 Å². The van der Waals surface area contributed by atoms with Gasteiger partial charge in [-0.3, -0.25) is 4.90 Å². The van der Waals surface area contributed by atoms with Crippen molar-refractivity contribution < 1.29 is 4.74 Å². The third-order valence-electron chi connectivity index (χ3n) is 3.30. The summed E-state index contributed by atoms with van der Waals surface area (Å²) in [6, 6.07) is 1.05. The number of morpholine rings is 1. The lowest BCUT2D eigenvalue weighted by Crippen LogP contribution is -2.53. The largest absolute Gasteiger partial charge is 0.379 e. The molecule has 3 heteroatoms. The molecule has 1 aliphatic heterocycles. The first-order chi connectivity index (χ1) is 6.38. The average Bonchev–Trinajstić information content (AvgIpc) is 2.20. The van der Waals surface area contributed by atoms with Crippen LogP contribution in [0.4, 0.5) is 0 Å².